The van der Waals surface area contributed by atoms with Crippen molar-refractivity contribution in [1.29, 1.82) is 0 Å². The van der Waals surface area contributed by atoms with Crippen LogP contribution in [-0.4, -0.2) is 51.8 Å². The Kier molecular flexibility index (Phi) is 9.98. The van der Waals surface area contributed by atoms with Gasteiger partial charge in [-0.15, -0.1) is 0 Å². The molecule has 13 nitrogen and oxygen atoms in total. The summed E-state index contributed by atoms with van der Waals surface area (Å²) in [5.41, 5.74) is 5.92. The maximum atomic E-state index is 12.5. The summed E-state index contributed by atoms with van der Waals surface area (Å²) in [5, 5.41) is 11.1. The number of benzene rings is 1. The van der Waals surface area contributed by atoms with Crippen molar-refractivity contribution in [3.63, 3.8) is 0 Å². The Labute approximate surface area is 183 Å². The second-order valence-electron chi connectivity index (χ2n) is 7.07. The number of carbonyl (C=O) groups excluding carboxylic acids is 3. The average Bonchev–Trinajstić information content (AvgIpc) is 2.66. The van der Waals surface area contributed by atoms with Gasteiger partial charge in [0.15, 0.2) is 0 Å². The van der Waals surface area contributed by atoms with Crippen LogP contribution in [0.3, 0.4) is 0 Å². The average molecular weight is 458 g/mol. The standard InChI is InChI=1S/C17H26N6O7S/c1-17(2,3)30-15(25)20-19-13(9-10-31-4)14(24)22(18)21-16(26)29-12-7-5-11(6-8-12)23(27)28/h5-8,13,19H,9-10,18H2,1-4H3,(H,20,25)(H,21,26)/t13-/m0/s1. The molecule has 1 atom stereocenters. The number of amides is 3. The van der Waals surface area contributed by atoms with Crippen LogP contribution < -0.4 is 26.9 Å². The molecule has 0 saturated heterocycles. The normalized spacial score (nSPS) is 11.8. The van der Waals surface area contributed by atoms with Crippen molar-refractivity contribution in [3.8, 4) is 5.75 Å². The third kappa shape index (κ3) is 9.97. The molecule has 3 amide bonds. The lowest BCUT2D eigenvalue weighted by atomic mass is 10.2. The van der Waals surface area contributed by atoms with Gasteiger partial charge in [0.25, 0.3) is 11.6 Å². The smallest absolute Gasteiger partial charge is 0.432 e. The Morgan fingerprint density at radius 2 is 1.84 bits per heavy atom. The first-order valence-electron chi connectivity index (χ1n) is 8.98. The molecule has 0 fully saturated rings. The summed E-state index contributed by atoms with van der Waals surface area (Å²) < 4.78 is 10.0. The minimum Gasteiger partial charge on any atom is -0.443 e. The highest BCUT2D eigenvalue weighted by Gasteiger charge is 2.26. The number of carbonyl (C=O) groups is 3. The predicted molar refractivity (Wildman–Crippen MR) is 113 cm³/mol. The summed E-state index contributed by atoms with van der Waals surface area (Å²) in [6, 6.07) is 3.77. The lowest BCUT2D eigenvalue weighted by Crippen LogP contribution is -2.60. The molecular formula is C17H26N6O7S. The van der Waals surface area contributed by atoms with Crippen LogP contribution in [0.15, 0.2) is 24.3 Å². The molecule has 0 saturated carbocycles. The van der Waals surface area contributed by atoms with Gasteiger partial charge in [0.05, 0.1) is 4.92 Å². The monoisotopic (exact) mass is 458 g/mol. The zero-order chi connectivity index (χ0) is 23.6. The van der Waals surface area contributed by atoms with Gasteiger partial charge in [-0.25, -0.2) is 26.3 Å². The van der Waals surface area contributed by atoms with E-state index in [1.807, 2.05) is 11.7 Å². The van der Waals surface area contributed by atoms with Crippen molar-refractivity contribution in [2.24, 2.45) is 5.84 Å². The van der Waals surface area contributed by atoms with E-state index in [1.54, 1.807) is 20.8 Å². The van der Waals surface area contributed by atoms with E-state index in [0.717, 1.165) is 12.1 Å². The number of nitrogens with zero attached hydrogens (tertiary/aromatic N) is 2. The minimum atomic E-state index is -1.09. The molecule has 14 heteroatoms. The van der Waals surface area contributed by atoms with Crippen LogP contribution in [0.4, 0.5) is 15.3 Å². The number of hydrazine groups is 3. The van der Waals surface area contributed by atoms with Gasteiger partial charge < -0.3 is 9.47 Å². The molecule has 0 spiro atoms. The molecule has 5 N–H and O–H groups in total. The van der Waals surface area contributed by atoms with Gasteiger partial charge in [0.1, 0.15) is 17.4 Å². The molecular weight excluding hydrogens is 432 g/mol. The fourth-order valence-corrected chi connectivity index (χ4v) is 2.50. The van der Waals surface area contributed by atoms with Crippen LogP contribution in [0, 0.1) is 10.1 Å². The fourth-order valence-electron chi connectivity index (χ4n) is 2.03. The van der Waals surface area contributed by atoms with Crippen LogP contribution in [0.25, 0.3) is 0 Å². The van der Waals surface area contributed by atoms with Crippen LogP contribution in [0.2, 0.25) is 0 Å². The predicted octanol–water partition coefficient (Wildman–Crippen LogP) is 1.45. The summed E-state index contributed by atoms with van der Waals surface area (Å²) in [7, 11) is 0. The maximum absolute atomic E-state index is 12.5. The van der Waals surface area contributed by atoms with Gasteiger partial charge in [0, 0.05) is 12.1 Å². The van der Waals surface area contributed by atoms with Crippen molar-refractivity contribution >= 4 is 35.5 Å². The highest BCUT2D eigenvalue weighted by molar-refractivity contribution is 7.98. The van der Waals surface area contributed by atoms with Crippen molar-refractivity contribution in [3.05, 3.63) is 34.4 Å². The molecule has 1 rings (SSSR count). The maximum Gasteiger partial charge on any atom is 0.432 e. The Morgan fingerprint density at radius 3 is 2.35 bits per heavy atom. The van der Waals surface area contributed by atoms with Gasteiger partial charge >= 0.3 is 12.2 Å². The first-order chi connectivity index (χ1) is 14.4. The van der Waals surface area contributed by atoms with E-state index in [-0.39, 0.29) is 17.9 Å². The Morgan fingerprint density at radius 1 is 1.23 bits per heavy atom. The van der Waals surface area contributed by atoms with E-state index in [1.165, 1.54) is 23.9 Å². The fraction of sp³-hybridized carbons (Fsp3) is 0.471. The first kappa shape index (κ1) is 25.9. The zero-order valence-electron chi connectivity index (χ0n) is 17.5. The van der Waals surface area contributed by atoms with E-state index >= 15 is 0 Å². The third-order valence-corrected chi connectivity index (χ3v) is 4.01. The van der Waals surface area contributed by atoms with Crippen LogP contribution in [0.5, 0.6) is 5.75 Å². The molecule has 1 aromatic rings. The number of hydrogen-bond donors (Lipinski definition) is 4. The van der Waals surface area contributed by atoms with Crippen molar-refractivity contribution in [1.82, 2.24) is 21.4 Å². The SMILES string of the molecule is CSCC[C@H](NNC(=O)OC(C)(C)C)C(=O)N(N)NC(=O)Oc1ccc([N+](=O)[O-])cc1. The molecule has 0 heterocycles. The van der Waals surface area contributed by atoms with E-state index in [9.17, 15) is 24.5 Å². The molecule has 31 heavy (non-hydrogen) atoms. The Hall–Kier alpha value is -3.10. The van der Waals surface area contributed by atoms with E-state index in [0.29, 0.717) is 10.9 Å². The van der Waals surface area contributed by atoms with E-state index in [4.69, 9.17) is 15.3 Å². The summed E-state index contributed by atoms with van der Waals surface area (Å²) in [5.74, 6) is 5.41. The third-order valence-electron chi connectivity index (χ3n) is 3.36. The Balaban J connectivity index is 2.65. The Bertz CT molecular complexity index is 784. The number of nitrogens with one attached hydrogen (secondary N) is 3. The molecule has 0 aliphatic rings. The molecule has 0 unspecified atom stereocenters. The van der Waals surface area contributed by atoms with E-state index in [2.05, 4.69) is 10.9 Å². The zero-order valence-corrected chi connectivity index (χ0v) is 18.4. The largest absolute Gasteiger partial charge is 0.443 e. The number of nitrogens with two attached hydrogens (primary N) is 1. The van der Waals surface area contributed by atoms with Crippen molar-refractivity contribution < 1.29 is 28.8 Å². The summed E-state index contributed by atoms with van der Waals surface area (Å²) in [6.07, 6.45) is 0.239. The lowest BCUT2D eigenvalue weighted by molar-refractivity contribution is -0.384. The minimum absolute atomic E-state index is 0.00704. The molecule has 0 radical (unpaired) electrons. The molecule has 0 aromatic heterocycles. The van der Waals surface area contributed by atoms with Crippen LogP contribution in [0.1, 0.15) is 27.2 Å². The highest BCUT2D eigenvalue weighted by atomic mass is 32.2. The second-order valence-corrected chi connectivity index (χ2v) is 8.05. The summed E-state index contributed by atoms with van der Waals surface area (Å²) in [6.45, 7) is 5.06. The number of ether oxygens (including phenoxy) is 2. The molecule has 1 aromatic carbocycles. The number of thioether (sulfide) groups is 1. The van der Waals surface area contributed by atoms with Gasteiger partial charge in [0.2, 0.25) is 0 Å². The quantitative estimate of drug-likeness (QED) is 0.193. The van der Waals surface area contributed by atoms with Crippen molar-refractivity contribution in [2.45, 2.75) is 38.8 Å². The molecule has 172 valence electrons. The molecule has 0 aliphatic carbocycles. The summed E-state index contributed by atoms with van der Waals surface area (Å²) >= 11 is 1.47. The lowest BCUT2D eigenvalue weighted by Gasteiger charge is -2.25. The number of non-ortho nitro benzene ring substituents is 1. The van der Waals surface area contributed by atoms with Gasteiger partial charge in [-0.1, -0.05) is 0 Å². The number of hydrogen-bond acceptors (Lipinski definition) is 10. The van der Waals surface area contributed by atoms with Crippen molar-refractivity contribution in [2.75, 3.05) is 12.0 Å². The molecule has 0 bridgehead atoms. The summed E-state index contributed by atoms with van der Waals surface area (Å²) in [4.78, 5) is 46.3. The van der Waals surface area contributed by atoms with Gasteiger partial charge in [-0.05, 0) is 51.3 Å². The second kappa shape index (κ2) is 11.9. The van der Waals surface area contributed by atoms with Gasteiger partial charge in [-0.2, -0.15) is 16.9 Å². The first-order valence-corrected chi connectivity index (χ1v) is 10.4. The highest BCUT2D eigenvalue weighted by Crippen LogP contribution is 2.17. The number of rotatable bonds is 8. The van der Waals surface area contributed by atoms with Crippen LogP contribution in [-0.2, 0) is 9.53 Å². The number of nitro groups is 1. The number of nitro benzene ring substituents is 1. The van der Waals surface area contributed by atoms with E-state index < -0.39 is 34.7 Å². The van der Waals surface area contributed by atoms with Gasteiger partial charge in [-0.3, -0.25) is 20.3 Å². The molecule has 0 aliphatic heterocycles. The van der Waals surface area contributed by atoms with Crippen LogP contribution >= 0.6 is 11.8 Å². The topological polar surface area (TPSA) is 178 Å².